The van der Waals surface area contributed by atoms with Gasteiger partial charge in [0, 0.05) is 11.1 Å². The Labute approximate surface area is 119 Å². The van der Waals surface area contributed by atoms with Crippen molar-refractivity contribution in [3.63, 3.8) is 0 Å². The van der Waals surface area contributed by atoms with Crippen LogP contribution >= 0.6 is 0 Å². The number of nitrogens with one attached hydrogen (secondary N) is 2. The summed E-state index contributed by atoms with van der Waals surface area (Å²) in [6, 6.07) is 7.37. The number of rotatable bonds is 3. The topological polar surface area (TPSA) is 103 Å². The minimum atomic E-state index is -0.475. The highest BCUT2D eigenvalue weighted by molar-refractivity contribution is 6.28. The first-order chi connectivity index (χ1) is 10.2. The van der Waals surface area contributed by atoms with Crippen molar-refractivity contribution in [2.75, 3.05) is 7.11 Å². The monoisotopic (exact) mass is 284 g/mol. The van der Waals surface area contributed by atoms with Crippen LogP contribution in [-0.4, -0.2) is 34.1 Å². The molecular formula is C14H12N4O3. The Kier molecular flexibility index (Phi) is 3.15. The van der Waals surface area contributed by atoms with Crippen LogP contribution in [0.3, 0.4) is 0 Å². The van der Waals surface area contributed by atoms with Gasteiger partial charge >= 0.3 is 5.69 Å². The highest BCUT2D eigenvalue weighted by Gasteiger charge is 2.15. The molecule has 3 N–H and O–H groups in total. The molecule has 0 bridgehead atoms. The molecule has 1 aliphatic heterocycles. The highest BCUT2D eigenvalue weighted by Crippen LogP contribution is 2.20. The van der Waals surface area contributed by atoms with E-state index in [2.05, 4.69) is 20.2 Å². The molecule has 2 heterocycles. The van der Waals surface area contributed by atoms with Crippen LogP contribution in [-0.2, 0) is 0 Å². The molecule has 0 saturated carbocycles. The molecule has 0 amide bonds. The van der Waals surface area contributed by atoms with Gasteiger partial charge in [-0.3, -0.25) is 4.98 Å². The maximum absolute atomic E-state index is 11.1. The molecule has 7 heteroatoms. The molecule has 1 aromatic carbocycles. The molecule has 2 aromatic rings. The largest absolute Gasteiger partial charge is 0.497 e. The Bertz CT molecular complexity index is 809. The maximum Gasteiger partial charge on any atom is 0.326 e. The number of hydrogen-bond acceptors (Lipinski definition) is 5. The number of methoxy groups -OCH3 is 1. The Morgan fingerprint density at radius 3 is 2.62 bits per heavy atom. The second-order valence-corrected chi connectivity index (χ2v) is 4.36. The van der Waals surface area contributed by atoms with Crippen molar-refractivity contribution in [2.24, 2.45) is 10.2 Å². The third kappa shape index (κ3) is 2.48. The Morgan fingerprint density at radius 2 is 2.00 bits per heavy atom. The second-order valence-electron chi connectivity index (χ2n) is 4.36. The zero-order valence-corrected chi connectivity index (χ0v) is 11.1. The fourth-order valence-electron chi connectivity index (χ4n) is 1.99. The fourth-order valence-corrected chi connectivity index (χ4v) is 1.99. The van der Waals surface area contributed by atoms with Crippen LogP contribution in [0.4, 0.5) is 0 Å². The zero-order chi connectivity index (χ0) is 14.8. The summed E-state index contributed by atoms with van der Waals surface area (Å²) >= 11 is 0. The molecule has 0 fully saturated rings. The minimum absolute atomic E-state index is 0.220. The Hall–Kier alpha value is -3.09. The summed E-state index contributed by atoms with van der Waals surface area (Å²) in [6.07, 6.45) is 3.16. The van der Waals surface area contributed by atoms with Gasteiger partial charge in [0.05, 0.1) is 13.3 Å². The van der Waals surface area contributed by atoms with E-state index in [1.807, 2.05) is 24.3 Å². The number of aromatic nitrogens is 2. The van der Waals surface area contributed by atoms with Crippen molar-refractivity contribution in [3.05, 3.63) is 51.6 Å². The van der Waals surface area contributed by atoms with Crippen molar-refractivity contribution in [1.82, 2.24) is 9.97 Å². The summed E-state index contributed by atoms with van der Waals surface area (Å²) < 4.78 is 5.11. The Balaban J connectivity index is 1.96. The van der Waals surface area contributed by atoms with E-state index in [1.54, 1.807) is 19.4 Å². The number of benzene rings is 1. The summed E-state index contributed by atoms with van der Waals surface area (Å²) in [5.74, 6) is 0.526. The minimum Gasteiger partial charge on any atom is -0.497 e. The lowest BCUT2D eigenvalue weighted by atomic mass is 10.0. The van der Waals surface area contributed by atoms with Gasteiger partial charge in [0.15, 0.2) is 0 Å². The quantitative estimate of drug-likeness (QED) is 0.791. The lowest BCUT2D eigenvalue weighted by Gasteiger charge is -2.04. The fraction of sp³-hybridized carbons (Fsp3) is 0.0714. The number of aromatic amines is 2. The van der Waals surface area contributed by atoms with Gasteiger partial charge in [0.1, 0.15) is 17.2 Å². The first kappa shape index (κ1) is 12.9. The maximum atomic E-state index is 11.1. The number of ether oxygens (including phenoxy) is 1. The standard InChI is InChI=1S/C14H12N4O3/c1-21-10-4-2-8(3-5-10)12-9(7-15-18-12)6-11-13(19)17-14(20)16-11/h2-7,19H,1H3,(H2,16,17,20)/b9-6+. The summed E-state index contributed by atoms with van der Waals surface area (Å²) in [5.41, 5.74) is 2.00. The number of nitrogens with zero attached hydrogens (tertiary/aromatic N) is 2. The lowest BCUT2D eigenvalue weighted by Crippen LogP contribution is -2.03. The van der Waals surface area contributed by atoms with Crippen LogP contribution in [0, 0.1) is 0 Å². The molecule has 1 aliphatic rings. The van der Waals surface area contributed by atoms with Gasteiger partial charge in [-0.1, -0.05) is 0 Å². The van der Waals surface area contributed by atoms with Gasteiger partial charge in [-0.15, -0.1) is 5.10 Å². The van der Waals surface area contributed by atoms with Gasteiger partial charge in [-0.25, -0.2) is 4.79 Å². The summed E-state index contributed by atoms with van der Waals surface area (Å²) in [6.45, 7) is 0. The second kappa shape index (κ2) is 5.12. The van der Waals surface area contributed by atoms with Crippen LogP contribution in [0.25, 0.3) is 6.08 Å². The Morgan fingerprint density at radius 1 is 1.24 bits per heavy atom. The number of imidazole rings is 1. The molecule has 106 valence electrons. The van der Waals surface area contributed by atoms with Gasteiger partial charge < -0.3 is 14.8 Å². The first-order valence-corrected chi connectivity index (χ1v) is 6.16. The van der Waals surface area contributed by atoms with Crippen LogP contribution in [0.2, 0.25) is 0 Å². The molecule has 7 nitrogen and oxygen atoms in total. The molecule has 0 spiro atoms. The SMILES string of the molecule is COc1ccc(C2=NN=C/C2=C\c2[nH]c(=O)[nH]c2O)cc1. The van der Waals surface area contributed by atoms with Crippen molar-refractivity contribution in [1.29, 1.82) is 0 Å². The third-order valence-corrected chi connectivity index (χ3v) is 3.03. The normalized spacial score (nSPS) is 15.5. The summed E-state index contributed by atoms with van der Waals surface area (Å²) in [7, 11) is 1.60. The predicted molar refractivity (Wildman–Crippen MR) is 79.1 cm³/mol. The van der Waals surface area contributed by atoms with Crippen LogP contribution < -0.4 is 10.4 Å². The molecule has 21 heavy (non-hydrogen) atoms. The molecule has 0 atom stereocenters. The van der Waals surface area contributed by atoms with E-state index in [4.69, 9.17) is 4.74 Å². The van der Waals surface area contributed by atoms with Gasteiger partial charge in [0.25, 0.3) is 0 Å². The average Bonchev–Trinajstić information content (AvgIpc) is 3.06. The third-order valence-electron chi connectivity index (χ3n) is 3.03. The van der Waals surface area contributed by atoms with E-state index in [0.29, 0.717) is 11.3 Å². The molecular weight excluding hydrogens is 272 g/mol. The van der Waals surface area contributed by atoms with E-state index in [1.165, 1.54) is 0 Å². The number of allylic oxidation sites excluding steroid dienone is 1. The molecule has 0 saturated heterocycles. The molecule has 3 rings (SSSR count). The van der Waals surface area contributed by atoms with Crippen molar-refractivity contribution < 1.29 is 9.84 Å². The van der Waals surface area contributed by atoms with E-state index in [-0.39, 0.29) is 11.6 Å². The number of hydrogen-bond donors (Lipinski definition) is 3. The van der Waals surface area contributed by atoms with Gasteiger partial charge in [0.2, 0.25) is 5.88 Å². The van der Waals surface area contributed by atoms with Crippen molar-refractivity contribution in [2.45, 2.75) is 0 Å². The lowest BCUT2D eigenvalue weighted by molar-refractivity contribution is 0.415. The first-order valence-electron chi connectivity index (χ1n) is 6.16. The smallest absolute Gasteiger partial charge is 0.326 e. The molecule has 0 aliphatic carbocycles. The van der Waals surface area contributed by atoms with Crippen molar-refractivity contribution in [3.8, 4) is 11.6 Å². The molecule has 0 radical (unpaired) electrons. The van der Waals surface area contributed by atoms with Crippen LogP contribution in [0.1, 0.15) is 11.3 Å². The highest BCUT2D eigenvalue weighted by atomic mass is 16.5. The predicted octanol–water partition coefficient (Wildman–Crippen LogP) is 1.29. The summed E-state index contributed by atoms with van der Waals surface area (Å²) in [4.78, 5) is 15.9. The van der Waals surface area contributed by atoms with E-state index >= 15 is 0 Å². The van der Waals surface area contributed by atoms with Gasteiger partial charge in [-0.2, -0.15) is 5.10 Å². The molecule has 0 unspecified atom stereocenters. The van der Waals surface area contributed by atoms with E-state index < -0.39 is 5.69 Å². The molecule has 1 aromatic heterocycles. The van der Waals surface area contributed by atoms with Crippen LogP contribution in [0.15, 0.2) is 44.8 Å². The average molecular weight is 284 g/mol. The van der Waals surface area contributed by atoms with Crippen molar-refractivity contribution >= 4 is 18.0 Å². The zero-order valence-electron chi connectivity index (χ0n) is 11.1. The number of H-pyrrole nitrogens is 2. The van der Waals surface area contributed by atoms with E-state index in [9.17, 15) is 9.90 Å². The van der Waals surface area contributed by atoms with E-state index in [0.717, 1.165) is 11.3 Å². The van der Waals surface area contributed by atoms with Crippen LogP contribution in [0.5, 0.6) is 11.6 Å². The number of aromatic hydroxyl groups is 1. The van der Waals surface area contributed by atoms with Gasteiger partial charge in [-0.05, 0) is 30.3 Å². The summed E-state index contributed by atoms with van der Waals surface area (Å²) in [5, 5.41) is 17.5.